The third-order valence-corrected chi connectivity index (χ3v) is 4.86. The highest BCUT2D eigenvalue weighted by Crippen LogP contribution is 2.31. The number of esters is 1. The molecule has 7 nitrogen and oxygen atoms in total. The first-order valence-electron chi connectivity index (χ1n) is 8.80. The summed E-state index contributed by atoms with van der Waals surface area (Å²) in [6.45, 7) is -0.410. The summed E-state index contributed by atoms with van der Waals surface area (Å²) in [5.74, 6) is -0.499. The molecule has 1 N–H and O–H groups in total. The number of carbonyl (C=O) groups is 2. The number of benzene rings is 1. The summed E-state index contributed by atoms with van der Waals surface area (Å²) in [6.07, 6.45) is 6.08. The van der Waals surface area contributed by atoms with E-state index in [1.54, 1.807) is 30.5 Å². The highest BCUT2D eigenvalue weighted by molar-refractivity contribution is 6.31. The molecule has 0 radical (unpaired) electrons. The lowest BCUT2D eigenvalue weighted by molar-refractivity contribution is -0.119. The van der Waals surface area contributed by atoms with Crippen LogP contribution in [0.3, 0.4) is 0 Å². The first kappa shape index (κ1) is 17.6. The predicted octanol–water partition coefficient (Wildman–Crippen LogP) is 4.19. The van der Waals surface area contributed by atoms with Crippen LogP contribution >= 0.6 is 11.6 Å². The summed E-state index contributed by atoms with van der Waals surface area (Å²) in [4.78, 5) is 24.3. The van der Waals surface area contributed by atoms with Crippen LogP contribution in [0.15, 0.2) is 40.9 Å². The largest absolute Gasteiger partial charge is 0.450 e. The number of amides is 1. The van der Waals surface area contributed by atoms with Crippen LogP contribution in [-0.2, 0) is 9.53 Å². The zero-order valence-electron chi connectivity index (χ0n) is 14.5. The van der Waals surface area contributed by atoms with E-state index in [0.717, 1.165) is 25.7 Å². The number of rotatable bonds is 5. The number of hydrogen-bond acceptors (Lipinski definition) is 5. The molecule has 0 spiro atoms. The zero-order valence-corrected chi connectivity index (χ0v) is 15.2. The van der Waals surface area contributed by atoms with E-state index in [9.17, 15) is 9.59 Å². The number of ether oxygens (including phenoxy) is 1. The molecule has 1 aliphatic carbocycles. The number of anilines is 1. The number of hydrogen-bond donors (Lipinski definition) is 1. The van der Waals surface area contributed by atoms with Gasteiger partial charge in [0.25, 0.3) is 5.91 Å². The lowest BCUT2D eigenvalue weighted by atomic mass is 10.2. The molecule has 1 saturated carbocycles. The molecule has 0 unspecified atom stereocenters. The number of halogens is 1. The van der Waals surface area contributed by atoms with Gasteiger partial charge in [-0.05, 0) is 37.1 Å². The topological polar surface area (TPSA) is 86.4 Å². The first-order valence-corrected chi connectivity index (χ1v) is 9.17. The van der Waals surface area contributed by atoms with Crippen molar-refractivity contribution in [1.29, 1.82) is 0 Å². The molecule has 0 atom stereocenters. The van der Waals surface area contributed by atoms with Crippen LogP contribution in [0, 0.1) is 0 Å². The quantitative estimate of drug-likeness (QED) is 0.663. The first-order chi connectivity index (χ1) is 13.1. The third-order valence-electron chi connectivity index (χ3n) is 4.62. The molecule has 0 saturated heterocycles. The van der Waals surface area contributed by atoms with Gasteiger partial charge < -0.3 is 14.5 Å². The number of fused-ring (bicyclic) bond motifs is 1. The highest BCUT2D eigenvalue weighted by atomic mass is 35.5. The molecular formula is C19H18ClN3O4. The van der Waals surface area contributed by atoms with Gasteiger partial charge in [-0.1, -0.05) is 24.4 Å². The minimum absolute atomic E-state index is 0.0241. The van der Waals surface area contributed by atoms with E-state index in [1.165, 1.54) is 6.07 Å². The van der Waals surface area contributed by atoms with Gasteiger partial charge in [0.15, 0.2) is 6.61 Å². The Bertz CT molecular complexity index is 988. The Morgan fingerprint density at radius 2 is 2.07 bits per heavy atom. The molecule has 1 aliphatic rings. The fourth-order valence-corrected chi connectivity index (χ4v) is 3.53. The van der Waals surface area contributed by atoms with Crippen molar-refractivity contribution in [2.75, 3.05) is 11.9 Å². The van der Waals surface area contributed by atoms with Gasteiger partial charge in [0.2, 0.25) is 5.76 Å². The summed E-state index contributed by atoms with van der Waals surface area (Å²) in [7, 11) is 0. The standard InChI is InChI=1S/C19H18ClN3O4/c20-13-5-6-15-12(9-13)10-16(27-15)19(25)26-11-18(24)22-17-7-8-21-23(17)14-3-1-2-4-14/h5-10,14H,1-4,11H2,(H,22,24). The lowest BCUT2D eigenvalue weighted by Crippen LogP contribution is -2.23. The van der Waals surface area contributed by atoms with E-state index in [2.05, 4.69) is 10.4 Å². The van der Waals surface area contributed by atoms with Gasteiger partial charge in [-0.15, -0.1) is 0 Å². The van der Waals surface area contributed by atoms with Crippen molar-refractivity contribution in [2.24, 2.45) is 0 Å². The Morgan fingerprint density at radius 3 is 2.89 bits per heavy atom. The van der Waals surface area contributed by atoms with E-state index >= 15 is 0 Å². The summed E-state index contributed by atoms with van der Waals surface area (Å²) in [5.41, 5.74) is 0.524. The lowest BCUT2D eigenvalue weighted by Gasteiger charge is -2.14. The Labute approximate surface area is 160 Å². The Kier molecular flexibility index (Phi) is 4.85. The van der Waals surface area contributed by atoms with E-state index < -0.39 is 18.5 Å². The molecule has 4 rings (SSSR count). The number of carbonyl (C=O) groups excluding carboxylic acids is 2. The SMILES string of the molecule is O=C(COC(=O)c1cc2cc(Cl)ccc2o1)Nc1ccnn1C1CCCC1. The smallest absolute Gasteiger partial charge is 0.374 e. The number of nitrogens with one attached hydrogen (secondary N) is 1. The van der Waals surface area contributed by atoms with Crippen molar-refractivity contribution < 1.29 is 18.7 Å². The van der Waals surface area contributed by atoms with E-state index in [1.807, 2.05) is 4.68 Å². The molecule has 0 bridgehead atoms. The van der Waals surface area contributed by atoms with Crippen molar-refractivity contribution >= 4 is 40.3 Å². The van der Waals surface area contributed by atoms with E-state index in [-0.39, 0.29) is 5.76 Å². The maximum absolute atomic E-state index is 12.2. The molecule has 1 amide bonds. The molecule has 2 heterocycles. The molecule has 8 heteroatoms. The Morgan fingerprint density at radius 1 is 1.26 bits per heavy atom. The van der Waals surface area contributed by atoms with Crippen LogP contribution in [0.4, 0.5) is 5.82 Å². The fourth-order valence-electron chi connectivity index (χ4n) is 3.35. The van der Waals surface area contributed by atoms with Gasteiger partial charge in [0, 0.05) is 16.5 Å². The minimum atomic E-state index is -0.707. The van der Waals surface area contributed by atoms with Crippen molar-refractivity contribution in [2.45, 2.75) is 31.7 Å². The third kappa shape index (κ3) is 3.83. The maximum atomic E-state index is 12.2. The van der Waals surface area contributed by atoms with Crippen LogP contribution in [0.5, 0.6) is 0 Å². The summed E-state index contributed by atoms with van der Waals surface area (Å²) in [5, 5.41) is 8.28. The average Bonchev–Trinajstić information content (AvgIpc) is 3.38. The molecular weight excluding hydrogens is 370 g/mol. The number of furan rings is 1. The molecule has 3 aromatic rings. The summed E-state index contributed by atoms with van der Waals surface area (Å²) in [6, 6.07) is 8.61. The van der Waals surface area contributed by atoms with Crippen molar-refractivity contribution in [3.63, 3.8) is 0 Å². The second-order valence-corrected chi connectivity index (χ2v) is 6.95. The van der Waals surface area contributed by atoms with Gasteiger partial charge in [0.1, 0.15) is 11.4 Å². The van der Waals surface area contributed by atoms with Gasteiger partial charge >= 0.3 is 5.97 Å². The summed E-state index contributed by atoms with van der Waals surface area (Å²) < 4.78 is 12.3. The van der Waals surface area contributed by atoms with Gasteiger partial charge in [-0.3, -0.25) is 4.79 Å². The number of aromatic nitrogens is 2. The Hall–Kier alpha value is -2.80. The maximum Gasteiger partial charge on any atom is 0.374 e. The molecule has 1 fully saturated rings. The monoisotopic (exact) mass is 387 g/mol. The zero-order chi connectivity index (χ0) is 18.8. The molecule has 2 aromatic heterocycles. The van der Waals surface area contributed by atoms with Gasteiger partial charge in [-0.2, -0.15) is 5.10 Å². The highest BCUT2D eigenvalue weighted by Gasteiger charge is 2.21. The van der Waals surface area contributed by atoms with Crippen molar-refractivity contribution in [1.82, 2.24) is 9.78 Å². The van der Waals surface area contributed by atoms with Gasteiger partial charge in [-0.25, -0.2) is 9.48 Å². The van der Waals surface area contributed by atoms with Crippen LogP contribution in [0.25, 0.3) is 11.0 Å². The second-order valence-electron chi connectivity index (χ2n) is 6.52. The van der Waals surface area contributed by atoms with Gasteiger partial charge in [0.05, 0.1) is 12.2 Å². The van der Waals surface area contributed by atoms with Crippen molar-refractivity contribution in [3.8, 4) is 0 Å². The predicted molar refractivity (Wildman–Crippen MR) is 99.9 cm³/mol. The Balaban J connectivity index is 1.36. The molecule has 27 heavy (non-hydrogen) atoms. The average molecular weight is 388 g/mol. The van der Waals surface area contributed by atoms with E-state index in [0.29, 0.717) is 27.9 Å². The van der Waals surface area contributed by atoms with Crippen LogP contribution in [-0.4, -0.2) is 28.3 Å². The van der Waals surface area contributed by atoms with Crippen LogP contribution < -0.4 is 5.32 Å². The molecule has 140 valence electrons. The molecule has 0 aliphatic heterocycles. The van der Waals surface area contributed by atoms with E-state index in [4.69, 9.17) is 20.8 Å². The van der Waals surface area contributed by atoms with Crippen LogP contribution in [0.1, 0.15) is 42.3 Å². The normalized spacial score (nSPS) is 14.6. The van der Waals surface area contributed by atoms with Crippen LogP contribution in [0.2, 0.25) is 5.02 Å². The second kappa shape index (κ2) is 7.44. The minimum Gasteiger partial charge on any atom is -0.450 e. The fraction of sp³-hybridized carbons (Fsp3) is 0.316. The number of nitrogens with zero attached hydrogens (tertiary/aromatic N) is 2. The summed E-state index contributed by atoms with van der Waals surface area (Å²) >= 11 is 5.92. The van der Waals surface area contributed by atoms with Crippen molar-refractivity contribution in [3.05, 3.63) is 47.3 Å². The molecule has 1 aromatic carbocycles.